The third-order valence-electron chi connectivity index (χ3n) is 2.43. The molecule has 0 atom stereocenters. The molecule has 3 nitrogen and oxygen atoms in total. The van der Waals surface area contributed by atoms with E-state index in [1.54, 1.807) is 6.07 Å². The van der Waals surface area contributed by atoms with Gasteiger partial charge in [0.25, 0.3) is 0 Å². The highest BCUT2D eigenvalue weighted by Gasteiger charge is 2.09. The van der Waals surface area contributed by atoms with Crippen molar-refractivity contribution in [3.8, 4) is 0 Å². The fourth-order valence-corrected chi connectivity index (χ4v) is 1.92. The maximum Gasteiger partial charge on any atom is 0.161 e. The quantitative estimate of drug-likeness (QED) is 0.749. The molecular formula is C11H14ClN3. The third-order valence-corrected chi connectivity index (χ3v) is 2.64. The van der Waals surface area contributed by atoms with Crippen LogP contribution in [-0.4, -0.2) is 14.5 Å². The van der Waals surface area contributed by atoms with Gasteiger partial charge in [-0.3, -0.25) is 0 Å². The van der Waals surface area contributed by atoms with Gasteiger partial charge in [0.2, 0.25) is 0 Å². The Kier molecular flexibility index (Phi) is 2.91. The summed E-state index contributed by atoms with van der Waals surface area (Å²) in [5.74, 6) is 1.10. The molecular weight excluding hydrogens is 210 g/mol. The van der Waals surface area contributed by atoms with E-state index in [0.29, 0.717) is 5.15 Å². The Hall–Kier alpha value is -1.09. The Morgan fingerprint density at radius 2 is 2.07 bits per heavy atom. The molecule has 2 heterocycles. The molecule has 80 valence electrons. The predicted octanol–water partition coefficient (Wildman–Crippen LogP) is 3.06. The molecule has 0 aliphatic heterocycles. The van der Waals surface area contributed by atoms with Crippen LogP contribution < -0.4 is 0 Å². The summed E-state index contributed by atoms with van der Waals surface area (Å²) >= 11 is 5.88. The topological polar surface area (TPSA) is 30.7 Å². The lowest BCUT2D eigenvalue weighted by atomic mass is 10.3. The van der Waals surface area contributed by atoms with Crippen LogP contribution in [0.25, 0.3) is 11.2 Å². The summed E-state index contributed by atoms with van der Waals surface area (Å²) in [7, 11) is 0. The molecule has 2 rings (SSSR count). The molecule has 0 fully saturated rings. The Labute approximate surface area is 94.1 Å². The number of rotatable bonds is 3. The monoisotopic (exact) mass is 223 g/mol. The molecule has 2 aromatic rings. The van der Waals surface area contributed by atoms with Crippen molar-refractivity contribution < 1.29 is 0 Å². The number of nitrogens with zero attached hydrogens (tertiary/aromatic N) is 3. The Bertz CT molecular complexity index is 476. The van der Waals surface area contributed by atoms with Crippen LogP contribution in [0, 0.1) is 0 Å². The number of aryl methyl sites for hydroxylation is 2. The molecule has 0 aliphatic rings. The smallest absolute Gasteiger partial charge is 0.161 e. The average Bonchev–Trinajstić information content (AvgIpc) is 2.55. The first-order valence-electron chi connectivity index (χ1n) is 5.28. The van der Waals surface area contributed by atoms with Crippen molar-refractivity contribution in [3.05, 3.63) is 23.1 Å². The minimum absolute atomic E-state index is 0.528. The number of hydrogen-bond acceptors (Lipinski definition) is 2. The van der Waals surface area contributed by atoms with Gasteiger partial charge in [-0.1, -0.05) is 18.5 Å². The fourth-order valence-electron chi connectivity index (χ4n) is 1.77. The van der Waals surface area contributed by atoms with Gasteiger partial charge in [0.15, 0.2) is 5.65 Å². The van der Waals surface area contributed by atoms with Crippen LogP contribution in [0.15, 0.2) is 12.1 Å². The van der Waals surface area contributed by atoms with Crippen LogP contribution in [0.1, 0.15) is 26.1 Å². The highest BCUT2D eigenvalue weighted by molar-refractivity contribution is 6.29. The summed E-state index contributed by atoms with van der Waals surface area (Å²) in [6, 6.07) is 3.71. The van der Waals surface area contributed by atoms with E-state index in [9.17, 15) is 0 Å². The molecule has 2 aromatic heterocycles. The van der Waals surface area contributed by atoms with Gasteiger partial charge < -0.3 is 4.57 Å². The van der Waals surface area contributed by atoms with Crippen LogP contribution in [0.3, 0.4) is 0 Å². The Morgan fingerprint density at radius 3 is 2.73 bits per heavy atom. The zero-order chi connectivity index (χ0) is 10.8. The van der Waals surface area contributed by atoms with Gasteiger partial charge in [-0.05, 0) is 25.5 Å². The lowest BCUT2D eigenvalue weighted by molar-refractivity contribution is 0.695. The molecule has 0 radical (unpaired) electrons. The lowest BCUT2D eigenvalue weighted by Gasteiger charge is -2.03. The maximum absolute atomic E-state index is 5.88. The third kappa shape index (κ3) is 1.84. The summed E-state index contributed by atoms with van der Waals surface area (Å²) < 4.78 is 2.13. The van der Waals surface area contributed by atoms with Crippen molar-refractivity contribution >= 4 is 22.8 Å². The van der Waals surface area contributed by atoms with E-state index in [1.165, 1.54) is 0 Å². The van der Waals surface area contributed by atoms with Crippen molar-refractivity contribution in [2.75, 3.05) is 0 Å². The molecule has 0 spiro atoms. The lowest BCUT2D eigenvalue weighted by Crippen LogP contribution is -2.02. The first-order chi connectivity index (χ1) is 7.26. The number of hydrogen-bond donors (Lipinski definition) is 0. The SMILES string of the molecule is CCCc1nc2ccc(Cl)nc2n1CC. The Balaban J connectivity index is 2.63. The highest BCUT2D eigenvalue weighted by Crippen LogP contribution is 2.17. The molecule has 0 bridgehead atoms. The molecule has 0 saturated carbocycles. The van der Waals surface area contributed by atoms with E-state index in [4.69, 9.17) is 11.6 Å². The zero-order valence-electron chi connectivity index (χ0n) is 9.00. The number of imidazole rings is 1. The van der Waals surface area contributed by atoms with Gasteiger partial charge in [0.05, 0.1) is 0 Å². The minimum atomic E-state index is 0.528. The first kappa shape index (κ1) is 10.4. The van der Waals surface area contributed by atoms with Crippen LogP contribution in [0.2, 0.25) is 5.15 Å². The molecule has 0 unspecified atom stereocenters. The summed E-state index contributed by atoms with van der Waals surface area (Å²) in [6.07, 6.45) is 2.08. The second-order valence-electron chi connectivity index (χ2n) is 3.50. The van der Waals surface area contributed by atoms with Crippen molar-refractivity contribution in [1.29, 1.82) is 0 Å². The van der Waals surface area contributed by atoms with E-state index in [-0.39, 0.29) is 0 Å². The number of halogens is 1. The summed E-state index contributed by atoms with van der Waals surface area (Å²) in [5, 5.41) is 0.528. The fraction of sp³-hybridized carbons (Fsp3) is 0.455. The van der Waals surface area contributed by atoms with Gasteiger partial charge in [0, 0.05) is 13.0 Å². The average molecular weight is 224 g/mol. The number of pyridine rings is 1. The second-order valence-corrected chi connectivity index (χ2v) is 3.89. The predicted molar refractivity (Wildman–Crippen MR) is 62.2 cm³/mol. The molecule has 0 amide bonds. The van der Waals surface area contributed by atoms with Gasteiger partial charge in [-0.2, -0.15) is 0 Å². The normalized spacial score (nSPS) is 11.1. The van der Waals surface area contributed by atoms with E-state index in [0.717, 1.165) is 36.4 Å². The van der Waals surface area contributed by atoms with Crippen LogP contribution in [0.4, 0.5) is 0 Å². The second kappa shape index (κ2) is 4.19. The standard InChI is InChI=1S/C11H14ClN3/c1-3-5-10-13-8-6-7-9(12)14-11(8)15(10)4-2/h6-7H,3-5H2,1-2H3. The largest absolute Gasteiger partial charge is 0.313 e. The summed E-state index contributed by atoms with van der Waals surface area (Å²) in [6.45, 7) is 5.14. The zero-order valence-corrected chi connectivity index (χ0v) is 9.75. The van der Waals surface area contributed by atoms with Crippen molar-refractivity contribution in [1.82, 2.24) is 14.5 Å². The summed E-state index contributed by atoms with van der Waals surface area (Å²) in [5.41, 5.74) is 1.83. The molecule has 4 heteroatoms. The van der Waals surface area contributed by atoms with E-state index < -0.39 is 0 Å². The number of aromatic nitrogens is 3. The molecule has 0 aliphatic carbocycles. The van der Waals surface area contributed by atoms with Crippen LogP contribution in [0.5, 0.6) is 0 Å². The van der Waals surface area contributed by atoms with Crippen molar-refractivity contribution in [3.63, 3.8) is 0 Å². The van der Waals surface area contributed by atoms with Gasteiger partial charge in [-0.15, -0.1) is 0 Å². The van der Waals surface area contributed by atoms with Gasteiger partial charge >= 0.3 is 0 Å². The van der Waals surface area contributed by atoms with E-state index in [2.05, 4.69) is 28.4 Å². The molecule has 0 saturated heterocycles. The summed E-state index contributed by atoms with van der Waals surface area (Å²) in [4.78, 5) is 8.87. The van der Waals surface area contributed by atoms with Crippen LogP contribution >= 0.6 is 11.6 Å². The Morgan fingerprint density at radius 1 is 1.27 bits per heavy atom. The van der Waals surface area contributed by atoms with Crippen molar-refractivity contribution in [2.45, 2.75) is 33.2 Å². The van der Waals surface area contributed by atoms with Crippen LogP contribution in [-0.2, 0) is 13.0 Å². The number of fused-ring (bicyclic) bond motifs is 1. The molecule has 15 heavy (non-hydrogen) atoms. The van der Waals surface area contributed by atoms with E-state index in [1.807, 2.05) is 6.07 Å². The van der Waals surface area contributed by atoms with Gasteiger partial charge in [-0.25, -0.2) is 9.97 Å². The first-order valence-corrected chi connectivity index (χ1v) is 5.65. The molecule has 0 aromatic carbocycles. The van der Waals surface area contributed by atoms with Crippen molar-refractivity contribution in [2.24, 2.45) is 0 Å². The molecule has 0 N–H and O–H groups in total. The highest BCUT2D eigenvalue weighted by atomic mass is 35.5. The maximum atomic E-state index is 5.88. The minimum Gasteiger partial charge on any atom is -0.313 e. The van der Waals surface area contributed by atoms with E-state index >= 15 is 0 Å². The van der Waals surface area contributed by atoms with Gasteiger partial charge in [0.1, 0.15) is 16.5 Å².